The summed E-state index contributed by atoms with van der Waals surface area (Å²) in [6.07, 6.45) is 5.91. The van der Waals surface area contributed by atoms with Crippen molar-refractivity contribution in [2.24, 2.45) is 5.92 Å². The number of sulfone groups is 1. The van der Waals surface area contributed by atoms with Crippen molar-refractivity contribution in [1.29, 1.82) is 0 Å². The molecule has 2 aliphatic rings. The fourth-order valence-electron chi connectivity index (χ4n) is 3.26. The summed E-state index contributed by atoms with van der Waals surface area (Å²) in [4.78, 5) is 24.8. The van der Waals surface area contributed by atoms with Crippen LogP contribution in [0.15, 0.2) is 12.4 Å². The van der Waals surface area contributed by atoms with E-state index in [0.29, 0.717) is 6.42 Å². The number of carbonyl (C=O) groups excluding carboxylic acids is 1. The smallest absolute Gasteiger partial charge is 0.274 e. The monoisotopic (exact) mass is 352 g/mol. The molecule has 3 rings (SSSR count). The molecule has 2 saturated heterocycles. The Morgan fingerprint density at radius 1 is 1.21 bits per heavy atom. The van der Waals surface area contributed by atoms with E-state index in [1.807, 2.05) is 0 Å². The van der Waals surface area contributed by atoms with Crippen LogP contribution in [0.4, 0.5) is 5.82 Å². The number of hydrogen-bond donors (Lipinski definition) is 0. The van der Waals surface area contributed by atoms with Gasteiger partial charge in [0.15, 0.2) is 9.84 Å². The standard InChI is InChI=1S/C16H24N4O3S/c1-12-3-6-20(7-4-12)15-10-17-14(9-18-15)16(21)19(2)13-5-8-24(22,23)11-13/h9-10,12-13H,3-8,11H2,1-2H3. The van der Waals surface area contributed by atoms with Crippen LogP contribution < -0.4 is 4.90 Å². The maximum Gasteiger partial charge on any atom is 0.274 e. The van der Waals surface area contributed by atoms with E-state index < -0.39 is 9.84 Å². The van der Waals surface area contributed by atoms with Crippen molar-refractivity contribution >= 4 is 21.6 Å². The van der Waals surface area contributed by atoms with E-state index in [1.54, 1.807) is 13.2 Å². The zero-order valence-electron chi connectivity index (χ0n) is 14.2. The van der Waals surface area contributed by atoms with E-state index in [1.165, 1.54) is 11.1 Å². The molecule has 0 N–H and O–H groups in total. The van der Waals surface area contributed by atoms with Gasteiger partial charge in [-0.15, -0.1) is 0 Å². The molecule has 1 unspecified atom stereocenters. The predicted molar refractivity (Wildman–Crippen MR) is 91.8 cm³/mol. The van der Waals surface area contributed by atoms with E-state index in [4.69, 9.17) is 0 Å². The van der Waals surface area contributed by atoms with Crippen LogP contribution in [0.3, 0.4) is 0 Å². The second kappa shape index (κ2) is 6.66. The Bertz CT molecular complexity index is 697. The van der Waals surface area contributed by atoms with Gasteiger partial charge in [-0.3, -0.25) is 4.79 Å². The highest BCUT2D eigenvalue weighted by atomic mass is 32.2. The molecule has 0 spiro atoms. The number of piperidine rings is 1. The molecule has 2 fully saturated rings. The van der Waals surface area contributed by atoms with E-state index in [9.17, 15) is 13.2 Å². The first-order chi connectivity index (χ1) is 11.4. The quantitative estimate of drug-likeness (QED) is 0.806. The molecule has 0 aliphatic carbocycles. The maximum absolute atomic E-state index is 12.5. The van der Waals surface area contributed by atoms with Gasteiger partial charge >= 0.3 is 0 Å². The number of amides is 1. The van der Waals surface area contributed by atoms with Gasteiger partial charge in [0.25, 0.3) is 5.91 Å². The third kappa shape index (κ3) is 3.68. The van der Waals surface area contributed by atoms with Crippen LogP contribution in [0.25, 0.3) is 0 Å². The van der Waals surface area contributed by atoms with Crippen molar-refractivity contribution in [3.63, 3.8) is 0 Å². The Hall–Kier alpha value is -1.70. The van der Waals surface area contributed by atoms with Gasteiger partial charge in [0.05, 0.1) is 23.9 Å². The number of anilines is 1. The second-order valence-electron chi connectivity index (χ2n) is 6.90. The molecule has 1 aromatic heterocycles. The van der Waals surface area contributed by atoms with Gasteiger partial charge in [0, 0.05) is 26.2 Å². The van der Waals surface area contributed by atoms with Gasteiger partial charge in [-0.1, -0.05) is 6.92 Å². The van der Waals surface area contributed by atoms with Crippen molar-refractivity contribution in [2.75, 3.05) is 36.5 Å². The molecule has 0 bridgehead atoms. The number of rotatable bonds is 3. The maximum atomic E-state index is 12.5. The Balaban J connectivity index is 1.65. The summed E-state index contributed by atoms with van der Waals surface area (Å²) >= 11 is 0. The fourth-order valence-corrected chi connectivity index (χ4v) is 5.03. The van der Waals surface area contributed by atoms with Crippen LogP contribution in [0.5, 0.6) is 0 Å². The van der Waals surface area contributed by atoms with E-state index in [2.05, 4.69) is 21.8 Å². The molecule has 8 heteroatoms. The molecule has 24 heavy (non-hydrogen) atoms. The van der Waals surface area contributed by atoms with Crippen molar-refractivity contribution in [2.45, 2.75) is 32.2 Å². The summed E-state index contributed by atoms with van der Waals surface area (Å²) in [5, 5.41) is 0. The van der Waals surface area contributed by atoms with Gasteiger partial charge < -0.3 is 9.80 Å². The third-order valence-electron chi connectivity index (χ3n) is 5.04. The zero-order valence-corrected chi connectivity index (χ0v) is 15.0. The molecule has 1 amide bonds. The molecular weight excluding hydrogens is 328 g/mol. The Labute approximate surface area is 143 Å². The summed E-state index contributed by atoms with van der Waals surface area (Å²) in [7, 11) is -1.38. The third-order valence-corrected chi connectivity index (χ3v) is 6.79. The number of nitrogens with zero attached hydrogens (tertiary/aromatic N) is 4. The molecule has 2 aliphatic heterocycles. The lowest BCUT2D eigenvalue weighted by Gasteiger charge is -2.31. The van der Waals surface area contributed by atoms with Gasteiger partial charge in [-0.25, -0.2) is 18.4 Å². The molecular formula is C16H24N4O3S. The normalized spacial score (nSPS) is 24.1. The highest BCUT2D eigenvalue weighted by Gasteiger charge is 2.33. The van der Waals surface area contributed by atoms with Gasteiger partial charge in [0.2, 0.25) is 0 Å². The predicted octanol–water partition coefficient (Wildman–Crippen LogP) is 0.972. The average Bonchev–Trinajstić information content (AvgIpc) is 2.94. The van der Waals surface area contributed by atoms with Gasteiger partial charge in [0.1, 0.15) is 11.5 Å². The Morgan fingerprint density at radius 2 is 1.92 bits per heavy atom. The Morgan fingerprint density at radius 3 is 2.46 bits per heavy atom. The summed E-state index contributed by atoms with van der Waals surface area (Å²) in [6.45, 7) is 4.18. The first kappa shape index (κ1) is 17.1. The lowest BCUT2D eigenvalue weighted by Crippen LogP contribution is -2.38. The summed E-state index contributed by atoms with van der Waals surface area (Å²) in [6, 6.07) is -0.271. The van der Waals surface area contributed by atoms with Crippen molar-refractivity contribution < 1.29 is 13.2 Å². The van der Waals surface area contributed by atoms with Crippen molar-refractivity contribution in [1.82, 2.24) is 14.9 Å². The first-order valence-corrected chi connectivity index (χ1v) is 10.2. The minimum absolute atomic E-state index is 0.0344. The van der Waals surface area contributed by atoms with Gasteiger partial charge in [-0.05, 0) is 25.2 Å². The van der Waals surface area contributed by atoms with Gasteiger partial charge in [-0.2, -0.15) is 0 Å². The SMILES string of the molecule is CC1CCN(c2cnc(C(=O)N(C)C3CCS(=O)(=O)C3)cn2)CC1. The molecule has 0 radical (unpaired) electrons. The van der Waals surface area contributed by atoms with E-state index in [0.717, 1.165) is 37.7 Å². The van der Waals surface area contributed by atoms with Crippen molar-refractivity contribution in [3.8, 4) is 0 Å². The molecule has 3 heterocycles. The van der Waals surface area contributed by atoms with Crippen LogP contribution >= 0.6 is 0 Å². The molecule has 1 atom stereocenters. The first-order valence-electron chi connectivity index (χ1n) is 8.40. The summed E-state index contributed by atoms with van der Waals surface area (Å²) in [5.74, 6) is 1.44. The minimum Gasteiger partial charge on any atom is -0.355 e. The highest BCUT2D eigenvalue weighted by Crippen LogP contribution is 2.21. The average molecular weight is 352 g/mol. The largest absolute Gasteiger partial charge is 0.355 e. The van der Waals surface area contributed by atoms with Crippen LogP contribution in [-0.2, 0) is 9.84 Å². The summed E-state index contributed by atoms with van der Waals surface area (Å²) in [5.41, 5.74) is 0.260. The van der Waals surface area contributed by atoms with Crippen LogP contribution in [-0.4, -0.2) is 66.9 Å². The van der Waals surface area contributed by atoms with Crippen LogP contribution in [0.1, 0.15) is 36.7 Å². The number of aromatic nitrogens is 2. The van der Waals surface area contributed by atoms with Crippen LogP contribution in [0, 0.1) is 5.92 Å². The molecule has 132 valence electrons. The molecule has 7 nitrogen and oxygen atoms in total. The number of hydrogen-bond acceptors (Lipinski definition) is 6. The van der Waals surface area contributed by atoms with Crippen LogP contribution in [0.2, 0.25) is 0 Å². The fraction of sp³-hybridized carbons (Fsp3) is 0.688. The van der Waals surface area contributed by atoms with Crippen molar-refractivity contribution in [3.05, 3.63) is 18.1 Å². The minimum atomic E-state index is -3.02. The van der Waals surface area contributed by atoms with E-state index >= 15 is 0 Å². The summed E-state index contributed by atoms with van der Waals surface area (Å²) < 4.78 is 23.2. The molecule has 0 aromatic carbocycles. The lowest BCUT2D eigenvalue weighted by atomic mass is 9.99. The lowest BCUT2D eigenvalue weighted by molar-refractivity contribution is 0.0741. The molecule has 1 aromatic rings. The Kier molecular flexibility index (Phi) is 4.76. The second-order valence-corrected chi connectivity index (χ2v) is 9.13. The van der Waals surface area contributed by atoms with E-state index in [-0.39, 0.29) is 29.1 Å². The number of carbonyl (C=O) groups is 1. The highest BCUT2D eigenvalue weighted by molar-refractivity contribution is 7.91. The molecule has 0 saturated carbocycles. The topological polar surface area (TPSA) is 83.5 Å². The zero-order chi connectivity index (χ0) is 17.3.